The first-order valence-electron chi connectivity index (χ1n) is 9.44. The fraction of sp³-hybridized carbons (Fsp3) is 0.632. The third kappa shape index (κ3) is 3.34. The van der Waals surface area contributed by atoms with Crippen LogP contribution in [0.25, 0.3) is 11.1 Å². The van der Waals surface area contributed by atoms with Gasteiger partial charge in [0.05, 0.1) is 10.6 Å². The van der Waals surface area contributed by atoms with Gasteiger partial charge in [-0.05, 0) is 44.0 Å². The molecule has 136 valence electrons. The van der Waals surface area contributed by atoms with E-state index in [1.807, 2.05) is 0 Å². The highest BCUT2D eigenvalue weighted by atomic mass is 32.2. The summed E-state index contributed by atoms with van der Waals surface area (Å²) in [5, 5.41) is 0. The number of likely N-dealkylation sites (tertiary alicyclic amines) is 1. The van der Waals surface area contributed by atoms with Gasteiger partial charge >= 0.3 is 0 Å². The maximum Gasteiger partial charge on any atom is 0.199 e. The summed E-state index contributed by atoms with van der Waals surface area (Å²) in [4.78, 5) is 7.56. The van der Waals surface area contributed by atoms with Gasteiger partial charge in [-0.15, -0.1) is 0 Å². The van der Waals surface area contributed by atoms with E-state index < -0.39 is 9.84 Å². The number of aromatic nitrogens is 1. The maximum atomic E-state index is 12.1. The zero-order valence-electron chi connectivity index (χ0n) is 14.8. The van der Waals surface area contributed by atoms with Crippen molar-refractivity contribution in [3.05, 3.63) is 24.1 Å². The van der Waals surface area contributed by atoms with E-state index in [4.69, 9.17) is 4.42 Å². The molecule has 1 aromatic heterocycles. The van der Waals surface area contributed by atoms with Gasteiger partial charge < -0.3 is 4.42 Å². The van der Waals surface area contributed by atoms with Crippen molar-refractivity contribution in [2.75, 3.05) is 18.8 Å². The van der Waals surface area contributed by atoms with Crippen LogP contribution in [-0.4, -0.2) is 43.2 Å². The minimum Gasteiger partial charge on any atom is -0.440 e. The molecule has 4 rings (SSSR count). The molecule has 1 aromatic carbocycles. The van der Waals surface area contributed by atoms with E-state index in [-0.39, 0.29) is 5.75 Å². The van der Waals surface area contributed by atoms with Gasteiger partial charge in [0.15, 0.2) is 21.3 Å². The number of sulfone groups is 1. The van der Waals surface area contributed by atoms with Crippen molar-refractivity contribution >= 4 is 20.9 Å². The fourth-order valence-corrected chi connectivity index (χ4v) is 5.13. The predicted molar refractivity (Wildman–Crippen MR) is 97.5 cm³/mol. The minimum atomic E-state index is -3.21. The summed E-state index contributed by atoms with van der Waals surface area (Å²) in [5.41, 5.74) is 1.34. The Hall–Kier alpha value is -1.40. The molecule has 1 atom stereocenters. The smallest absolute Gasteiger partial charge is 0.199 e. The third-order valence-electron chi connectivity index (χ3n) is 5.77. The number of hydrogen-bond donors (Lipinski definition) is 0. The van der Waals surface area contributed by atoms with Gasteiger partial charge in [0.25, 0.3) is 0 Å². The predicted octanol–water partition coefficient (Wildman–Crippen LogP) is 3.74. The lowest BCUT2D eigenvalue weighted by atomic mass is 9.94. The SMILES string of the molecule is CCS(=O)(=O)c1ccc2oc(C3CCN(C4CCCCC4)C3)nc2c1. The lowest BCUT2D eigenvalue weighted by Crippen LogP contribution is -2.34. The molecule has 1 saturated heterocycles. The monoisotopic (exact) mass is 362 g/mol. The van der Waals surface area contributed by atoms with E-state index in [2.05, 4.69) is 9.88 Å². The molecule has 2 aliphatic rings. The molecule has 1 saturated carbocycles. The van der Waals surface area contributed by atoms with Gasteiger partial charge in [-0.1, -0.05) is 26.2 Å². The van der Waals surface area contributed by atoms with Crippen LogP contribution in [0.1, 0.15) is 57.3 Å². The summed E-state index contributed by atoms with van der Waals surface area (Å²) in [7, 11) is -3.21. The van der Waals surface area contributed by atoms with Crippen molar-refractivity contribution in [2.45, 2.75) is 62.3 Å². The normalized spacial score (nSPS) is 23.5. The lowest BCUT2D eigenvalue weighted by Gasteiger charge is -2.30. The Balaban J connectivity index is 1.54. The Labute approximate surface area is 149 Å². The molecule has 0 radical (unpaired) electrons. The molecule has 5 nitrogen and oxygen atoms in total. The van der Waals surface area contributed by atoms with Crippen molar-refractivity contribution in [3.63, 3.8) is 0 Å². The Morgan fingerprint density at radius 3 is 2.76 bits per heavy atom. The van der Waals surface area contributed by atoms with E-state index in [1.54, 1.807) is 25.1 Å². The van der Waals surface area contributed by atoms with Crippen LogP contribution in [0.3, 0.4) is 0 Å². The quantitative estimate of drug-likeness (QED) is 0.829. The van der Waals surface area contributed by atoms with Gasteiger partial charge in [-0.3, -0.25) is 4.90 Å². The number of rotatable bonds is 4. The second-order valence-corrected chi connectivity index (χ2v) is 9.64. The number of fused-ring (bicyclic) bond motifs is 1. The van der Waals surface area contributed by atoms with Crippen LogP contribution in [-0.2, 0) is 9.84 Å². The summed E-state index contributed by atoms with van der Waals surface area (Å²) < 4.78 is 30.1. The molecular formula is C19H26N2O3S. The van der Waals surface area contributed by atoms with Crippen LogP contribution in [0.5, 0.6) is 0 Å². The number of nitrogens with zero attached hydrogens (tertiary/aromatic N) is 2. The summed E-state index contributed by atoms with van der Waals surface area (Å²) in [6.07, 6.45) is 7.79. The second kappa shape index (κ2) is 6.72. The average molecular weight is 362 g/mol. The minimum absolute atomic E-state index is 0.0994. The first kappa shape index (κ1) is 17.0. The average Bonchev–Trinajstić information content (AvgIpc) is 3.28. The van der Waals surface area contributed by atoms with Gasteiger partial charge in [-0.2, -0.15) is 0 Å². The molecule has 0 amide bonds. The second-order valence-electron chi connectivity index (χ2n) is 7.36. The third-order valence-corrected chi connectivity index (χ3v) is 7.51. The van der Waals surface area contributed by atoms with Crippen LogP contribution in [0.4, 0.5) is 0 Å². The van der Waals surface area contributed by atoms with Crippen LogP contribution in [0.2, 0.25) is 0 Å². The molecular weight excluding hydrogens is 336 g/mol. The molecule has 2 fully saturated rings. The van der Waals surface area contributed by atoms with Gasteiger partial charge in [0.1, 0.15) is 5.52 Å². The summed E-state index contributed by atoms with van der Waals surface area (Å²) in [6.45, 7) is 3.78. The number of benzene rings is 1. The highest BCUT2D eigenvalue weighted by molar-refractivity contribution is 7.91. The number of hydrogen-bond acceptors (Lipinski definition) is 5. The number of oxazole rings is 1. The van der Waals surface area contributed by atoms with E-state index in [9.17, 15) is 8.42 Å². The fourth-order valence-electron chi connectivity index (χ4n) is 4.23. The zero-order valence-corrected chi connectivity index (χ0v) is 15.6. The Morgan fingerprint density at radius 1 is 1.20 bits per heavy atom. The van der Waals surface area contributed by atoms with Crippen molar-refractivity contribution in [2.24, 2.45) is 0 Å². The maximum absolute atomic E-state index is 12.1. The van der Waals surface area contributed by atoms with Crippen molar-refractivity contribution < 1.29 is 12.8 Å². The molecule has 25 heavy (non-hydrogen) atoms. The van der Waals surface area contributed by atoms with Crippen LogP contribution < -0.4 is 0 Å². The molecule has 0 spiro atoms. The molecule has 1 aliphatic heterocycles. The van der Waals surface area contributed by atoms with Crippen LogP contribution in [0, 0.1) is 0 Å². The van der Waals surface area contributed by atoms with Crippen molar-refractivity contribution in [3.8, 4) is 0 Å². The molecule has 1 aliphatic carbocycles. The largest absolute Gasteiger partial charge is 0.440 e. The summed E-state index contributed by atoms with van der Waals surface area (Å²) in [6, 6.07) is 5.74. The topological polar surface area (TPSA) is 63.4 Å². The van der Waals surface area contributed by atoms with Gasteiger partial charge in [0.2, 0.25) is 0 Å². The summed E-state index contributed by atoms with van der Waals surface area (Å²) in [5.74, 6) is 1.18. The van der Waals surface area contributed by atoms with Crippen molar-refractivity contribution in [1.29, 1.82) is 0 Å². The molecule has 2 heterocycles. The highest BCUT2D eigenvalue weighted by Crippen LogP contribution is 2.33. The molecule has 2 aromatic rings. The first-order chi connectivity index (χ1) is 12.1. The van der Waals surface area contributed by atoms with Gasteiger partial charge in [-0.25, -0.2) is 13.4 Å². The highest BCUT2D eigenvalue weighted by Gasteiger charge is 2.32. The van der Waals surface area contributed by atoms with E-state index >= 15 is 0 Å². The molecule has 1 unspecified atom stereocenters. The Morgan fingerprint density at radius 2 is 2.00 bits per heavy atom. The standard InChI is InChI=1S/C19H26N2O3S/c1-2-25(22,23)16-8-9-18-17(12-16)20-19(24-18)14-10-11-21(13-14)15-6-4-3-5-7-15/h8-9,12,14-15H,2-7,10-11,13H2,1H3. The van der Waals surface area contributed by atoms with Gasteiger partial charge in [0, 0.05) is 18.5 Å². The van der Waals surface area contributed by atoms with E-state index in [0.717, 1.165) is 31.4 Å². The van der Waals surface area contributed by atoms with Crippen LogP contribution >= 0.6 is 0 Å². The van der Waals surface area contributed by atoms with E-state index in [0.29, 0.717) is 21.9 Å². The Kier molecular flexibility index (Phi) is 4.58. The van der Waals surface area contributed by atoms with Crippen molar-refractivity contribution in [1.82, 2.24) is 9.88 Å². The first-order valence-corrected chi connectivity index (χ1v) is 11.1. The molecule has 6 heteroatoms. The molecule has 0 bridgehead atoms. The van der Waals surface area contributed by atoms with E-state index in [1.165, 1.54) is 32.1 Å². The molecule has 0 N–H and O–H groups in total. The summed E-state index contributed by atoms with van der Waals surface area (Å²) >= 11 is 0. The Bertz CT molecular complexity index is 853. The lowest BCUT2D eigenvalue weighted by molar-refractivity contribution is 0.188. The zero-order chi connectivity index (χ0) is 17.4. The van der Waals surface area contributed by atoms with Crippen LogP contribution in [0.15, 0.2) is 27.5 Å².